The van der Waals surface area contributed by atoms with Gasteiger partial charge in [-0.2, -0.15) is 5.26 Å². The van der Waals surface area contributed by atoms with Crippen LogP contribution in [0.2, 0.25) is 38.8 Å². The highest BCUT2D eigenvalue weighted by Gasteiger charge is 2.10. The normalized spacial score (nSPS) is 11.9. The van der Waals surface area contributed by atoms with Gasteiger partial charge in [0.05, 0.1) is 30.1 Å². The summed E-state index contributed by atoms with van der Waals surface area (Å²) in [6, 6.07) is 14.8. The van der Waals surface area contributed by atoms with Crippen molar-refractivity contribution in [3.05, 3.63) is 48.2 Å². The molecule has 0 bridgehead atoms. The third kappa shape index (κ3) is 10.3. The van der Waals surface area contributed by atoms with Crippen LogP contribution in [0.1, 0.15) is 44.1 Å². The fourth-order valence-corrected chi connectivity index (χ4v) is 11.9. The van der Waals surface area contributed by atoms with E-state index in [1.165, 1.54) is 38.1 Å². The number of hydrogen-bond donors (Lipinski definition) is 0. The first-order valence-corrected chi connectivity index (χ1v) is 18.0. The van der Waals surface area contributed by atoms with Crippen LogP contribution in [0.4, 0.5) is 0 Å². The Labute approximate surface area is 190 Å². The molecular formula is C25H38N2O2Si2-2. The summed E-state index contributed by atoms with van der Waals surface area (Å²) in [6.45, 7) is 12.4. The van der Waals surface area contributed by atoms with Crippen LogP contribution >= 0.6 is 0 Å². The van der Waals surface area contributed by atoms with Crippen molar-refractivity contribution in [2.75, 3.05) is 6.61 Å². The number of nitriles is 1. The summed E-state index contributed by atoms with van der Waals surface area (Å²) in [5.41, 5.74) is 2.55. The Morgan fingerprint density at radius 1 is 0.839 bits per heavy atom. The summed E-state index contributed by atoms with van der Waals surface area (Å²) in [7, 11) is -2.87. The Morgan fingerprint density at radius 3 is 2.06 bits per heavy atom. The minimum atomic E-state index is -1.46. The minimum Gasteiger partial charge on any atom is -0.767 e. The average Bonchev–Trinajstić information content (AvgIpc) is 2.71. The zero-order chi connectivity index (χ0) is 22.7. The van der Waals surface area contributed by atoms with Crippen LogP contribution in [-0.4, -0.2) is 28.2 Å². The lowest BCUT2D eigenvalue weighted by Gasteiger charge is -2.52. The first kappa shape index (κ1) is 25.3. The minimum absolute atomic E-state index is 0.658. The summed E-state index contributed by atoms with van der Waals surface area (Å²) in [6.07, 6.45) is 9.26. The van der Waals surface area contributed by atoms with Crippen LogP contribution in [0.5, 0.6) is 5.75 Å². The van der Waals surface area contributed by atoms with Gasteiger partial charge in [-0.05, 0) is 30.7 Å². The Hall–Kier alpha value is -1.95. The smallest absolute Gasteiger partial charge is 0.137 e. The van der Waals surface area contributed by atoms with Crippen molar-refractivity contribution in [2.45, 2.75) is 77.3 Å². The van der Waals surface area contributed by atoms with Crippen molar-refractivity contribution in [2.24, 2.45) is 0 Å². The highest BCUT2D eigenvalue weighted by molar-refractivity contribution is 6.84. The predicted molar refractivity (Wildman–Crippen MR) is 134 cm³/mol. The number of rotatable bonds is 13. The van der Waals surface area contributed by atoms with E-state index in [9.17, 15) is 0 Å². The number of benzene rings is 1. The zero-order valence-electron chi connectivity index (χ0n) is 19.9. The van der Waals surface area contributed by atoms with Gasteiger partial charge in [0, 0.05) is 5.56 Å². The van der Waals surface area contributed by atoms with Crippen molar-refractivity contribution < 1.29 is 8.85 Å². The fourth-order valence-electron chi connectivity index (χ4n) is 3.78. The highest BCUT2D eigenvalue weighted by atomic mass is 28.4. The molecule has 1 heterocycles. The van der Waals surface area contributed by atoms with Crippen molar-refractivity contribution in [1.82, 2.24) is 4.98 Å². The maximum atomic E-state index is 8.89. The van der Waals surface area contributed by atoms with Crippen LogP contribution in [0.3, 0.4) is 0 Å². The second kappa shape index (κ2) is 12.2. The van der Waals surface area contributed by atoms with E-state index >= 15 is 0 Å². The lowest BCUT2D eigenvalue weighted by atomic mass is 10.1. The molecule has 0 atom stereocenters. The van der Waals surface area contributed by atoms with Gasteiger partial charge in [0.2, 0.25) is 0 Å². The molecule has 0 aliphatic rings. The molecule has 0 aliphatic carbocycles. The molecule has 0 saturated heterocycles. The van der Waals surface area contributed by atoms with E-state index in [0.717, 1.165) is 30.0 Å². The number of hydrogen-bond acceptors (Lipinski definition) is 4. The molecule has 0 N–H and O–H groups in total. The first-order valence-electron chi connectivity index (χ1n) is 11.5. The van der Waals surface area contributed by atoms with Crippen LogP contribution in [-0.2, 0) is 4.12 Å². The zero-order valence-corrected chi connectivity index (χ0v) is 21.9. The van der Waals surface area contributed by atoms with Crippen molar-refractivity contribution in [1.29, 1.82) is 5.26 Å². The largest absolute Gasteiger partial charge is 0.767 e. The average molecular weight is 455 g/mol. The lowest BCUT2D eigenvalue weighted by Crippen LogP contribution is -2.42. The van der Waals surface area contributed by atoms with Gasteiger partial charge in [-0.15, -0.1) is 38.8 Å². The molecule has 6 heteroatoms. The molecule has 0 saturated carbocycles. The molecule has 0 spiro atoms. The Kier molecular flexibility index (Phi) is 9.95. The second-order valence-corrected chi connectivity index (χ2v) is 18.8. The summed E-state index contributed by atoms with van der Waals surface area (Å²) < 4.78 is 12.3. The standard InChI is InChI=1S/C25H38N2O2Si2/c1-30(2,3)29-31(4,5)19-11-9-7-6-8-10-18-28-24-16-17-25(27-21-24)23-14-12-22(20-26)13-15-23/h12-17,21H,6-11,18-19H2,1-5H3/q-2. The maximum absolute atomic E-state index is 8.89. The van der Waals surface area contributed by atoms with Crippen LogP contribution in [0.25, 0.3) is 11.3 Å². The van der Waals surface area contributed by atoms with Crippen LogP contribution in [0, 0.1) is 11.3 Å². The van der Waals surface area contributed by atoms with E-state index < -0.39 is 16.6 Å². The number of nitrogens with zero attached hydrogens (tertiary/aromatic N) is 2. The van der Waals surface area contributed by atoms with Crippen LogP contribution in [0.15, 0.2) is 42.6 Å². The molecule has 2 rings (SSSR count). The SMILES string of the molecule is C[Si-](C)(C)O[Si-](C)(C)CCCCCCCCOc1ccc(-c2ccc(C#N)cc2)nc1. The van der Waals surface area contributed by atoms with Gasteiger partial charge >= 0.3 is 0 Å². The topological polar surface area (TPSA) is 55.1 Å². The van der Waals surface area contributed by atoms with Crippen molar-refractivity contribution in [3.63, 3.8) is 0 Å². The van der Waals surface area contributed by atoms with Gasteiger partial charge < -0.3 is 8.85 Å². The number of unbranched alkanes of at least 4 members (excludes halogenated alkanes) is 5. The Morgan fingerprint density at radius 2 is 1.48 bits per heavy atom. The van der Waals surface area contributed by atoms with Gasteiger partial charge in [0.15, 0.2) is 0 Å². The van der Waals surface area contributed by atoms with E-state index in [4.69, 9.17) is 14.1 Å². The molecule has 0 fully saturated rings. The molecule has 2 aromatic rings. The quantitative estimate of drug-likeness (QED) is 0.234. The molecule has 0 unspecified atom stereocenters. The van der Waals surface area contributed by atoms with Crippen molar-refractivity contribution in [3.8, 4) is 23.1 Å². The van der Waals surface area contributed by atoms with Gasteiger partial charge in [0.25, 0.3) is 0 Å². The number of pyridine rings is 1. The molecule has 1 aromatic heterocycles. The molecule has 0 amide bonds. The number of aromatic nitrogens is 1. The monoisotopic (exact) mass is 454 g/mol. The van der Waals surface area contributed by atoms with E-state index in [0.29, 0.717) is 5.56 Å². The van der Waals surface area contributed by atoms with E-state index in [1.807, 2.05) is 36.4 Å². The maximum Gasteiger partial charge on any atom is 0.137 e. The van der Waals surface area contributed by atoms with Crippen molar-refractivity contribution >= 4 is 16.6 Å². The van der Waals surface area contributed by atoms with Gasteiger partial charge in [-0.25, -0.2) is 0 Å². The molecule has 4 nitrogen and oxygen atoms in total. The van der Waals surface area contributed by atoms with Gasteiger partial charge in [-0.3, -0.25) is 4.98 Å². The van der Waals surface area contributed by atoms with E-state index in [-0.39, 0.29) is 0 Å². The van der Waals surface area contributed by atoms with Gasteiger partial charge in [0.1, 0.15) is 5.75 Å². The predicted octanol–water partition coefficient (Wildman–Crippen LogP) is 7.40. The Balaban J connectivity index is 1.56. The summed E-state index contributed by atoms with van der Waals surface area (Å²) in [5, 5.41) is 8.89. The van der Waals surface area contributed by atoms with E-state index in [1.54, 1.807) is 6.20 Å². The summed E-state index contributed by atoms with van der Waals surface area (Å²) >= 11 is 0. The van der Waals surface area contributed by atoms with Gasteiger partial charge in [-0.1, -0.05) is 60.9 Å². The highest BCUT2D eigenvalue weighted by Crippen LogP contribution is 2.22. The molecule has 170 valence electrons. The molecule has 31 heavy (non-hydrogen) atoms. The van der Waals surface area contributed by atoms with Crippen LogP contribution < -0.4 is 4.74 Å². The second-order valence-electron chi connectivity index (χ2n) is 9.76. The molecule has 1 aromatic carbocycles. The number of ether oxygens (including phenoxy) is 1. The molecule has 0 radical (unpaired) electrons. The third-order valence-electron chi connectivity index (χ3n) is 5.07. The third-order valence-corrected chi connectivity index (χ3v) is 11.3. The summed E-state index contributed by atoms with van der Waals surface area (Å²) in [4.78, 5) is 4.48. The molecular weight excluding hydrogens is 416 g/mol. The van der Waals surface area contributed by atoms with E-state index in [2.05, 4.69) is 43.8 Å². The summed E-state index contributed by atoms with van der Waals surface area (Å²) in [5.74, 6) is 0.812. The first-order chi connectivity index (χ1) is 14.7. The molecule has 0 aliphatic heterocycles. The Bertz CT molecular complexity index is 823. The lowest BCUT2D eigenvalue weighted by molar-refractivity contribution is 0.303. The fraction of sp³-hybridized carbons (Fsp3) is 0.520.